The van der Waals surface area contributed by atoms with Crippen LogP contribution in [0.15, 0.2) is 4.99 Å². The lowest BCUT2D eigenvalue weighted by molar-refractivity contribution is 0.0220. The van der Waals surface area contributed by atoms with E-state index in [4.69, 9.17) is 14.5 Å². The van der Waals surface area contributed by atoms with Crippen LogP contribution in [-0.4, -0.2) is 105 Å². The van der Waals surface area contributed by atoms with Crippen molar-refractivity contribution in [2.45, 2.75) is 26.8 Å². The smallest absolute Gasteiger partial charge is 0.409 e. The Labute approximate surface area is 174 Å². The van der Waals surface area contributed by atoms with Crippen molar-refractivity contribution in [1.82, 2.24) is 20.0 Å². The molecule has 0 radical (unpaired) electrons. The van der Waals surface area contributed by atoms with E-state index < -0.39 is 0 Å². The van der Waals surface area contributed by atoms with Crippen LogP contribution in [-0.2, 0) is 9.47 Å². The topological polar surface area (TPSA) is 69.6 Å². The number of piperazine rings is 1. The van der Waals surface area contributed by atoms with Crippen molar-refractivity contribution < 1.29 is 14.3 Å². The highest BCUT2D eigenvalue weighted by atomic mass is 127. The third-order valence-electron chi connectivity index (χ3n) is 4.61. The zero-order valence-corrected chi connectivity index (χ0v) is 18.6. The molecular formula is C17H34IN5O3. The van der Waals surface area contributed by atoms with E-state index in [9.17, 15) is 4.79 Å². The Kier molecular flexibility index (Phi) is 11.2. The maximum Gasteiger partial charge on any atom is 0.409 e. The lowest BCUT2D eigenvalue weighted by atomic mass is 10.2. The summed E-state index contributed by atoms with van der Waals surface area (Å²) >= 11 is 0. The lowest BCUT2D eigenvalue weighted by Gasteiger charge is -2.36. The van der Waals surface area contributed by atoms with Crippen LogP contribution in [0, 0.1) is 0 Å². The summed E-state index contributed by atoms with van der Waals surface area (Å²) < 4.78 is 10.5. The highest BCUT2D eigenvalue weighted by molar-refractivity contribution is 14.0. The van der Waals surface area contributed by atoms with Gasteiger partial charge in [0.2, 0.25) is 0 Å². The predicted octanol–water partition coefficient (Wildman–Crippen LogP) is 1.06. The molecule has 9 heteroatoms. The third-order valence-corrected chi connectivity index (χ3v) is 4.61. The molecule has 1 amide bonds. The molecule has 1 N–H and O–H groups in total. The van der Waals surface area contributed by atoms with Gasteiger partial charge in [0, 0.05) is 51.9 Å². The highest BCUT2D eigenvalue weighted by Crippen LogP contribution is 2.07. The number of hydrogen-bond donors (Lipinski definition) is 1. The Balaban J connectivity index is 0.00000338. The molecule has 152 valence electrons. The number of ether oxygens (including phenoxy) is 2. The van der Waals surface area contributed by atoms with Crippen molar-refractivity contribution in [2.75, 3.05) is 72.2 Å². The number of morpholine rings is 1. The standard InChI is InChI=1S/C17H33N5O3.HI/c1-4-18-16(19-14-15(3)20-10-12-24-13-11-20)21-6-8-22(9-7-21)17(23)25-5-2;/h15H,4-14H2,1-3H3,(H,18,19);1H. The Morgan fingerprint density at radius 2 is 1.73 bits per heavy atom. The first kappa shape index (κ1) is 23.2. The summed E-state index contributed by atoms with van der Waals surface area (Å²) in [6.45, 7) is 14.6. The van der Waals surface area contributed by atoms with Gasteiger partial charge >= 0.3 is 6.09 Å². The molecule has 0 aromatic carbocycles. The molecule has 2 rings (SSSR count). The van der Waals surface area contributed by atoms with E-state index in [2.05, 4.69) is 29.0 Å². The Bertz CT molecular complexity index is 438. The number of nitrogens with one attached hydrogen (secondary N) is 1. The van der Waals surface area contributed by atoms with E-state index in [1.165, 1.54) is 0 Å². The number of nitrogens with zero attached hydrogens (tertiary/aromatic N) is 4. The van der Waals surface area contributed by atoms with Gasteiger partial charge in [-0.05, 0) is 20.8 Å². The van der Waals surface area contributed by atoms with Gasteiger partial charge in [-0.3, -0.25) is 9.89 Å². The molecule has 2 saturated heterocycles. The largest absolute Gasteiger partial charge is 0.450 e. The molecule has 0 aromatic rings. The molecule has 0 saturated carbocycles. The molecule has 0 aliphatic carbocycles. The minimum Gasteiger partial charge on any atom is -0.450 e. The molecule has 1 atom stereocenters. The number of amides is 1. The molecular weight excluding hydrogens is 449 g/mol. The molecule has 26 heavy (non-hydrogen) atoms. The van der Waals surface area contributed by atoms with Gasteiger partial charge in [-0.2, -0.15) is 0 Å². The molecule has 8 nitrogen and oxygen atoms in total. The second-order valence-electron chi connectivity index (χ2n) is 6.37. The number of halogens is 1. The maximum absolute atomic E-state index is 11.8. The number of guanidine groups is 1. The summed E-state index contributed by atoms with van der Waals surface area (Å²) in [4.78, 5) is 23.1. The van der Waals surface area contributed by atoms with E-state index in [1.54, 1.807) is 4.90 Å². The fraction of sp³-hybridized carbons (Fsp3) is 0.882. The summed E-state index contributed by atoms with van der Waals surface area (Å²) in [5, 5.41) is 3.38. The van der Waals surface area contributed by atoms with E-state index in [-0.39, 0.29) is 30.1 Å². The van der Waals surface area contributed by atoms with Crippen molar-refractivity contribution in [1.29, 1.82) is 0 Å². The fourth-order valence-electron chi connectivity index (χ4n) is 3.09. The minimum atomic E-state index is -0.218. The molecule has 2 heterocycles. The van der Waals surface area contributed by atoms with Gasteiger partial charge in [-0.1, -0.05) is 0 Å². The first-order valence-corrected chi connectivity index (χ1v) is 9.42. The number of hydrogen-bond acceptors (Lipinski definition) is 5. The van der Waals surface area contributed by atoms with Gasteiger partial charge in [0.1, 0.15) is 0 Å². The Morgan fingerprint density at radius 3 is 2.31 bits per heavy atom. The maximum atomic E-state index is 11.8. The first-order valence-electron chi connectivity index (χ1n) is 9.42. The van der Waals surface area contributed by atoms with Crippen molar-refractivity contribution in [3.8, 4) is 0 Å². The third kappa shape index (κ3) is 7.07. The fourth-order valence-corrected chi connectivity index (χ4v) is 3.09. The van der Waals surface area contributed by atoms with Gasteiger partial charge in [-0.15, -0.1) is 24.0 Å². The van der Waals surface area contributed by atoms with Crippen LogP contribution in [0.1, 0.15) is 20.8 Å². The number of rotatable bonds is 5. The number of carbonyl (C=O) groups excluding carboxylic acids is 1. The molecule has 0 spiro atoms. The van der Waals surface area contributed by atoms with Crippen molar-refractivity contribution in [2.24, 2.45) is 4.99 Å². The quantitative estimate of drug-likeness (QED) is 0.359. The van der Waals surface area contributed by atoms with Gasteiger partial charge in [0.15, 0.2) is 5.96 Å². The molecule has 0 aromatic heterocycles. The summed E-state index contributed by atoms with van der Waals surface area (Å²) in [6, 6.07) is 0.401. The van der Waals surface area contributed by atoms with E-state index in [0.717, 1.165) is 58.4 Å². The van der Waals surface area contributed by atoms with Gasteiger partial charge in [-0.25, -0.2) is 4.79 Å². The first-order chi connectivity index (χ1) is 12.2. The van der Waals surface area contributed by atoms with E-state index in [0.29, 0.717) is 25.7 Å². The Morgan fingerprint density at radius 1 is 1.12 bits per heavy atom. The van der Waals surface area contributed by atoms with Crippen molar-refractivity contribution in [3.63, 3.8) is 0 Å². The van der Waals surface area contributed by atoms with Gasteiger partial charge in [0.25, 0.3) is 0 Å². The van der Waals surface area contributed by atoms with Gasteiger partial charge < -0.3 is 24.6 Å². The van der Waals surface area contributed by atoms with Crippen LogP contribution in [0.3, 0.4) is 0 Å². The van der Waals surface area contributed by atoms with Gasteiger partial charge in [0.05, 0.1) is 26.4 Å². The monoisotopic (exact) mass is 483 g/mol. The molecule has 2 aliphatic rings. The van der Waals surface area contributed by atoms with Crippen molar-refractivity contribution >= 4 is 36.0 Å². The lowest BCUT2D eigenvalue weighted by Crippen LogP contribution is -2.54. The van der Waals surface area contributed by atoms with Crippen LogP contribution in [0.2, 0.25) is 0 Å². The zero-order chi connectivity index (χ0) is 18.1. The number of aliphatic imine (C=N–C) groups is 1. The average molecular weight is 483 g/mol. The SMILES string of the molecule is CCNC(=NCC(C)N1CCOCC1)N1CCN(C(=O)OCC)CC1.I. The van der Waals surface area contributed by atoms with Crippen LogP contribution in [0.25, 0.3) is 0 Å². The predicted molar refractivity (Wildman–Crippen MR) is 113 cm³/mol. The molecule has 2 fully saturated rings. The summed E-state index contributed by atoms with van der Waals surface area (Å²) in [6.07, 6.45) is -0.218. The summed E-state index contributed by atoms with van der Waals surface area (Å²) in [5.41, 5.74) is 0. The normalized spacial score (nSPS) is 20.3. The van der Waals surface area contributed by atoms with E-state index >= 15 is 0 Å². The average Bonchev–Trinajstić information content (AvgIpc) is 2.66. The van der Waals surface area contributed by atoms with Crippen molar-refractivity contribution in [3.05, 3.63) is 0 Å². The minimum absolute atomic E-state index is 0. The molecule has 0 bridgehead atoms. The summed E-state index contributed by atoms with van der Waals surface area (Å²) in [7, 11) is 0. The molecule has 1 unspecified atom stereocenters. The highest BCUT2D eigenvalue weighted by Gasteiger charge is 2.24. The zero-order valence-electron chi connectivity index (χ0n) is 16.3. The van der Waals surface area contributed by atoms with Crippen LogP contribution < -0.4 is 5.32 Å². The second kappa shape index (κ2) is 12.6. The van der Waals surface area contributed by atoms with Crippen LogP contribution in [0.4, 0.5) is 4.79 Å². The van der Waals surface area contributed by atoms with E-state index in [1.807, 2.05) is 6.92 Å². The second-order valence-corrected chi connectivity index (χ2v) is 6.37. The van der Waals surface area contributed by atoms with Crippen LogP contribution in [0.5, 0.6) is 0 Å². The Hall–Kier alpha value is -0.810. The van der Waals surface area contributed by atoms with Crippen LogP contribution >= 0.6 is 24.0 Å². The number of carbonyl (C=O) groups is 1. The summed E-state index contributed by atoms with van der Waals surface area (Å²) in [5.74, 6) is 0.936. The molecule has 2 aliphatic heterocycles.